The molecule has 128 valence electrons. The van der Waals surface area contributed by atoms with Crippen LogP contribution in [0.3, 0.4) is 0 Å². The third-order valence-corrected chi connectivity index (χ3v) is 5.41. The minimum Gasteiger partial charge on any atom is -0.465 e. The van der Waals surface area contributed by atoms with Crippen molar-refractivity contribution in [2.45, 2.75) is 12.0 Å². The summed E-state index contributed by atoms with van der Waals surface area (Å²) in [6.45, 7) is 0.303. The summed E-state index contributed by atoms with van der Waals surface area (Å²) in [6.07, 6.45) is -1.88. The molecule has 1 aliphatic heterocycles. The van der Waals surface area contributed by atoms with E-state index in [2.05, 4.69) is 0 Å². The highest BCUT2D eigenvalue weighted by molar-refractivity contribution is 8.13. The highest BCUT2D eigenvalue weighted by Crippen LogP contribution is 2.32. The first kappa shape index (κ1) is 18.6. The molecule has 6 nitrogen and oxygen atoms in total. The fourth-order valence-electron chi connectivity index (χ4n) is 2.47. The van der Waals surface area contributed by atoms with Crippen molar-refractivity contribution in [1.29, 1.82) is 0 Å². The average Bonchev–Trinajstić information content (AvgIpc) is 2.63. The topological polar surface area (TPSA) is 83.9 Å². The van der Waals surface area contributed by atoms with E-state index in [-0.39, 0.29) is 19.7 Å². The maximum Gasteiger partial charge on any atom is 0.407 e. The van der Waals surface area contributed by atoms with Gasteiger partial charge in [0.05, 0.1) is 28.5 Å². The first-order chi connectivity index (χ1) is 10.7. The minimum atomic E-state index is -3.81. The Bertz CT molecular complexity index is 697. The number of rotatable bonds is 3. The number of amides is 1. The summed E-state index contributed by atoms with van der Waals surface area (Å²) in [4.78, 5) is 12.5. The van der Waals surface area contributed by atoms with Crippen molar-refractivity contribution in [3.63, 3.8) is 0 Å². The van der Waals surface area contributed by atoms with Gasteiger partial charge in [-0.1, -0.05) is 29.3 Å². The van der Waals surface area contributed by atoms with E-state index < -0.39 is 32.9 Å². The monoisotopic (exact) mass is 401 g/mol. The zero-order chi connectivity index (χ0) is 17.2. The van der Waals surface area contributed by atoms with Gasteiger partial charge in [-0.25, -0.2) is 13.2 Å². The van der Waals surface area contributed by atoms with Gasteiger partial charge >= 0.3 is 6.09 Å². The van der Waals surface area contributed by atoms with Crippen LogP contribution in [0.4, 0.5) is 4.79 Å². The summed E-state index contributed by atoms with van der Waals surface area (Å²) in [5.74, 6) is -0.954. The number of carboxylic acid groups (broad SMARTS) is 1. The number of benzene rings is 1. The van der Waals surface area contributed by atoms with Crippen LogP contribution in [-0.2, 0) is 13.8 Å². The average molecular weight is 403 g/mol. The Hall–Kier alpha value is -0.730. The Morgan fingerprint density at radius 1 is 1.35 bits per heavy atom. The zero-order valence-electron chi connectivity index (χ0n) is 11.8. The lowest BCUT2D eigenvalue weighted by molar-refractivity contribution is 0.0665. The second-order valence-corrected chi connectivity index (χ2v) is 8.76. The van der Waals surface area contributed by atoms with Gasteiger partial charge in [0.15, 0.2) is 0 Å². The van der Waals surface area contributed by atoms with Crippen LogP contribution < -0.4 is 0 Å². The van der Waals surface area contributed by atoms with Crippen molar-refractivity contribution in [3.8, 4) is 0 Å². The summed E-state index contributed by atoms with van der Waals surface area (Å²) >= 11 is 11.9. The van der Waals surface area contributed by atoms with Crippen molar-refractivity contribution in [1.82, 2.24) is 4.90 Å². The Kier molecular flexibility index (Phi) is 6.02. The highest BCUT2D eigenvalue weighted by atomic mass is 35.7. The molecule has 1 aliphatic rings. The first-order valence-electron chi connectivity index (χ1n) is 6.64. The van der Waals surface area contributed by atoms with Crippen LogP contribution in [0.15, 0.2) is 18.2 Å². The smallest absolute Gasteiger partial charge is 0.407 e. The van der Waals surface area contributed by atoms with Crippen LogP contribution in [0.25, 0.3) is 0 Å². The Balaban J connectivity index is 2.39. The van der Waals surface area contributed by atoms with E-state index in [1.165, 1.54) is 4.90 Å². The molecule has 1 saturated heterocycles. The van der Waals surface area contributed by atoms with Crippen molar-refractivity contribution in [3.05, 3.63) is 33.8 Å². The van der Waals surface area contributed by atoms with Crippen LogP contribution in [-0.4, -0.2) is 56.1 Å². The van der Waals surface area contributed by atoms with Crippen LogP contribution in [0.2, 0.25) is 10.0 Å². The summed E-state index contributed by atoms with van der Waals surface area (Å²) in [5, 5.41) is 9.87. The van der Waals surface area contributed by atoms with E-state index in [9.17, 15) is 18.3 Å². The van der Waals surface area contributed by atoms with Gasteiger partial charge in [-0.05, 0) is 17.7 Å². The molecular weight excluding hydrogens is 389 g/mol. The predicted molar refractivity (Wildman–Crippen MR) is 88.2 cm³/mol. The van der Waals surface area contributed by atoms with Crippen LogP contribution in [0.5, 0.6) is 0 Å². The van der Waals surface area contributed by atoms with Gasteiger partial charge in [0.1, 0.15) is 0 Å². The van der Waals surface area contributed by atoms with Crippen molar-refractivity contribution >= 4 is 49.0 Å². The van der Waals surface area contributed by atoms with Crippen molar-refractivity contribution in [2.24, 2.45) is 0 Å². The van der Waals surface area contributed by atoms with E-state index >= 15 is 0 Å². The lowest BCUT2D eigenvalue weighted by atomic mass is 9.93. The van der Waals surface area contributed by atoms with Gasteiger partial charge in [-0.3, -0.25) is 0 Å². The highest BCUT2D eigenvalue weighted by Gasteiger charge is 2.34. The summed E-state index contributed by atoms with van der Waals surface area (Å²) in [7, 11) is 1.53. The number of nitrogens with zero attached hydrogens (tertiary/aromatic N) is 1. The normalized spacial score (nSPS) is 22.7. The molecule has 0 aromatic heterocycles. The fraction of sp³-hybridized carbons (Fsp3) is 0.462. The summed E-state index contributed by atoms with van der Waals surface area (Å²) in [5.41, 5.74) is 0.637. The number of carbonyl (C=O) groups is 1. The molecular formula is C13H14Cl3NO5S. The van der Waals surface area contributed by atoms with E-state index in [0.717, 1.165) is 0 Å². The van der Waals surface area contributed by atoms with Gasteiger partial charge in [0.2, 0.25) is 9.05 Å². The molecule has 23 heavy (non-hydrogen) atoms. The molecule has 1 aromatic carbocycles. The Morgan fingerprint density at radius 3 is 2.61 bits per heavy atom. The molecule has 0 bridgehead atoms. The first-order valence-corrected chi connectivity index (χ1v) is 9.87. The SMILES string of the molecule is O=C(O)N1CCO[C@H](CS(=O)(=O)Cl)[C@H](c2ccc(Cl)c(Cl)c2)C1. The number of ether oxygens (including phenoxy) is 1. The van der Waals surface area contributed by atoms with E-state index in [4.69, 9.17) is 38.6 Å². The van der Waals surface area contributed by atoms with Crippen LogP contribution >= 0.6 is 33.9 Å². The molecule has 1 N–H and O–H groups in total. The molecule has 0 aliphatic carbocycles. The molecule has 0 radical (unpaired) electrons. The maximum absolute atomic E-state index is 11.4. The predicted octanol–water partition coefficient (Wildman–Crippen LogP) is 3.02. The fourth-order valence-corrected chi connectivity index (χ4v) is 3.87. The van der Waals surface area contributed by atoms with Gasteiger partial charge in [-0.2, -0.15) is 0 Å². The molecule has 0 saturated carbocycles. The van der Waals surface area contributed by atoms with Crippen molar-refractivity contribution in [2.75, 3.05) is 25.4 Å². The van der Waals surface area contributed by atoms with E-state index in [0.29, 0.717) is 15.6 Å². The van der Waals surface area contributed by atoms with Crippen LogP contribution in [0, 0.1) is 0 Å². The Labute approximate surface area is 148 Å². The van der Waals surface area contributed by atoms with E-state index in [1.807, 2.05) is 0 Å². The molecule has 1 heterocycles. The molecule has 1 aromatic rings. The summed E-state index contributed by atoms with van der Waals surface area (Å²) < 4.78 is 28.4. The standard InChI is InChI=1S/C13H14Cl3NO5S/c14-10-2-1-8(5-11(10)15)9-6-17(13(18)19)3-4-22-12(9)7-23(16,20)21/h1-2,5,9,12H,3-4,6-7H2,(H,18,19)/t9-,12+/m0/s1. The largest absolute Gasteiger partial charge is 0.465 e. The second-order valence-electron chi connectivity index (χ2n) is 5.12. The second kappa shape index (κ2) is 7.44. The zero-order valence-corrected chi connectivity index (χ0v) is 14.9. The third kappa shape index (κ3) is 5.12. The molecule has 2 atom stereocenters. The molecule has 1 fully saturated rings. The quantitative estimate of drug-likeness (QED) is 0.786. The Morgan fingerprint density at radius 2 is 2.04 bits per heavy atom. The molecule has 2 rings (SSSR count). The maximum atomic E-state index is 11.4. The van der Waals surface area contributed by atoms with Gasteiger partial charge in [0.25, 0.3) is 0 Å². The number of halogens is 3. The number of hydrogen-bond donors (Lipinski definition) is 1. The molecule has 0 spiro atoms. The van der Waals surface area contributed by atoms with Crippen LogP contribution in [0.1, 0.15) is 11.5 Å². The van der Waals surface area contributed by atoms with Gasteiger partial charge < -0.3 is 14.7 Å². The lowest BCUT2D eigenvalue weighted by Gasteiger charge is -2.26. The van der Waals surface area contributed by atoms with E-state index in [1.54, 1.807) is 18.2 Å². The van der Waals surface area contributed by atoms with Gasteiger partial charge in [-0.15, -0.1) is 0 Å². The van der Waals surface area contributed by atoms with Crippen molar-refractivity contribution < 1.29 is 23.1 Å². The minimum absolute atomic E-state index is 0.0738. The summed E-state index contributed by atoms with van der Waals surface area (Å²) in [6, 6.07) is 4.82. The van der Waals surface area contributed by atoms with Gasteiger partial charge in [0, 0.05) is 29.7 Å². The third-order valence-electron chi connectivity index (χ3n) is 3.56. The lowest BCUT2D eigenvalue weighted by Crippen LogP contribution is -2.36. The molecule has 10 heteroatoms. The number of hydrogen-bond acceptors (Lipinski definition) is 4. The molecule has 0 unspecified atom stereocenters. The molecule has 1 amide bonds.